The van der Waals surface area contributed by atoms with E-state index in [9.17, 15) is 0 Å². The van der Waals surface area contributed by atoms with Crippen molar-refractivity contribution in [1.82, 2.24) is 0 Å². The van der Waals surface area contributed by atoms with Crippen molar-refractivity contribution in [3.63, 3.8) is 0 Å². The maximum Gasteiger partial charge on any atom is 1.00 e. The van der Waals surface area contributed by atoms with Crippen molar-refractivity contribution in [1.29, 1.82) is 5.26 Å². The van der Waals surface area contributed by atoms with Gasteiger partial charge in [0.1, 0.15) is 0 Å². The summed E-state index contributed by atoms with van der Waals surface area (Å²) in [6.07, 6.45) is -0.903. The van der Waals surface area contributed by atoms with Gasteiger partial charge in [-0.2, -0.15) is 5.26 Å². The third-order valence-electron chi connectivity index (χ3n) is 0.0913. The molecule has 0 saturated carbocycles. The van der Waals surface area contributed by atoms with Crippen LogP contribution in [0.3, 0.4) is 0 Å². The minimum atomic E-state index is -2.08. The van der Waals surface area contributed by atoms with Crippen molar-refractivity contribution in [2.75, 3.05) is 0 Å². The summed E-state index contributed by atoms with van der Waals surface area (Å²) in [6, 6.07) is 1.69. The smallest absolute Gasteiger partial charge is 0.565 e. The summed E-state index contributed by atoms with van der Waals surface area (Å²) in [5.74, 6) is 0. The molecule has 0 aliphatic heterocycles. The summed E-state index contributed by atoms with van der Waals surface area (Å²) in [7, 11) is 0. The van der Waals surface area contributed by atoms with Crippen LogP contribution >= 0.6 is 0 Å². The largest absolute Gasteiger partial charge is 1.00 e. The molecule has 4 nitrogen and oxygen atoms in total. The second kappa shape index (κ2) is 15.6. The molecule has 5 heteroatoms. The van der Waals surface area contributed by atoms with E-state index in [0.717, 1.165) is 0 Å². The van der Waals surface area contributed by atoms with Gasteiger partial charge in [0.25, 0.3) is 0 Å². The van der Waals surface area contributed by atoms with Crippen molar-refractivity contribution in [2.24, 2.45) is 0 Å². The molecule has 9 heavy (non-hydrogen) atoms. The number of hydrogen-bond acceptors (Lipinski definition) is 3. The third-order valence-corrected chi connectivity index (χ3v) is 0.0913. The van der Waals surface area contributed by atoms with Gasteiger partial charge in [-0.05, 0) is 0 Å². The van der Waals surface area contributed by atoms with Gasteiger partial charge in [-0.1, -0.05) is 6.58 Å². The van der Waals surface area contributed by atoms with E-state index >= 15 is 0 Å². The van der Waals surface area contributed by atoms with Gasteiger partial charge in [0.15, 0.2) is 0 Å². The SMILES string of the molecule is C=CC#N.O=C([O-])O.[Na+]. The first-order valence-corrected chi connectivity index (χ1v) is 1.55. The summed E-state index contributed by atoms with van der Waals surface area (Å²) in [4.78, 5) is 8.44. The molecule has 0 unspecified atom stereocenters. The predicted molar refractivity (Wildman–Crippen MR) is 23.8 cm³/mol. The van der Waals surface area contributed by atoms with Crippen LogP contribution in [-0.4, -0.2) is 11.3 Å². The molecule has 0 rings (SSSR count). The van der Waals surface area contributed by atoms with E-state index in [1.165, 1.54) is 6.08 Å². The molecule has 0 fully saturated rings. The zero-order valence-electron chi connectivity index (χ0n) is 5.00. The van der Waals surface area contributed by atoms with Crippen molar-refractivity contribution in [3.8, 4) is 6.07 Å². The Morgan fingerprint density at radius 1 is 1.89 bits per heavy atom. The molecule has 0 heterocycles. The Balaban J connectivity index is -0.0000000720. The molecule has 0 amide bonds. The number of nitriles is 1. The Kier molecular flexibility index (Phi) is 27.5. The van der Waals surface area contributed by atoms with Crippen LogP contribution in [0.15, 0.2) is 12.7 Å². The molecule has 0 aliphatic rings. The Morgan fingerprint density at radius 3 is 2.00 bits per heavy atom. The molecule has 0 spiro atoms. The van der Waals surface area contributed by atoms with Crippen LogP contribution in [-0.2, 0) is 0 Å². The van der Waals surface area contributed by atoms with Gasteiger partial charge in [0, 0.05) is 6.08 Å². The summed E-state index contributed by atoms with van der Waals surface area (Å²) >= 11 is 0. The number of rotatable bonds is 0. The van der Waals surface area contributed by atoms with E-state index in [0.29, 0.717) is 0 Å². The first-order chi connectivity index (χ1) is 3.65. The quantitative estimate of drug-likeness (QED) is 0.278. The average molecular weight is 137 g/mol. The summed E-state index contributed by atoms with van der Waals surface area (Å²) in [5, 5.41) is 22.8. The molecule has 0 saturated heterocycles. The molecule has 0 radical (unpaired) electrons. The van der Waals surface area contributed by atoms with Crippen LogP contribution in [0.1, 0.15) is 0 Å². The van der Waals surface area contributed by atoms with Gasteiger partial charge in [-0.15, -0.1) is 0 Å². The van der Waals surface area contributed by atoms with Gasteiger partial charge in [-0.25, -0.2) is 0 Å². The van der Waals surface area contributed by atoms with E-state index in [1.54, 1.807) is 6.07 Å². The van der Waals surface area contributed by atoms with Crippen molar-refractivity contribution in [2.45, 2.75) is 0 Å². The van der Waals surface area contributed by atoms with Gasteiger partial charge in [0.2, 0.25) is 6.16 Å². The summed E-state index contributed by atoms with van der Waals surface area (Å²) in [5.41, 5.74) is 0. The molecule has 44 valence electrons. The topological polar surface area (TPSA) is 84.2 Å². The second-order valence-electron chi connectivity index (χ2n) is 0.599. The fourth-order valence-electron chi connectivity index (χ4n) is 0. The van der Waals surface area contributed by atoms with Gasteiger partial charge in [-0.3, -0.25) is 0 Å². The Bertz CT molecular complexity index is 113. The first-order valence-electron chi connectivity index (χ1n) is 1.55. The molecule has 0 bridgehead atoms. The number of carboxylic acid groups (broad SMARTS) is 2. The van der Waals surface area contributed by atoms with Gasteiger partial charge < -0.3 is 15.0 Å². The van der Waals surface area contributed by atoms with Crippen LogP contribution in [0.4, 0.5) is 4.79 Å². The molecule has 1 N–H and O–H groups in total. The van der Waals surface area contributed by atoms with Crippen molar-refractivity contribution >= 4 is 6.16 Å². The predicted octanol–water partition coefficient (Wildman–Crippen LogP) is -3.41. The summed E-state index contributed by atoms with van der Waals surface area (Å²) < 4.78 is 0. The van der Waals surface area contributed by atoms with Crippen LogP contribution in [0.25, 0.3) is 0 Å². The Morgan fingerprint density at radius 2 is 2.00 bits per heavy atom. The van der Waals surface area contributed by atoms with Crippen LogP contribution in [0.2, 0.25) is 0 Å². The van der Waals surface area contributed by atoms with E-state index in [-0.39, 0.29) is 29.6 Å². The maximum absolute atomic E-state index is 8.44. The van der Waals surface area contributed by atoms with Crippen LogP contribution in [0, 0.1) is 11.3 Å². The van der Waals surface area contributed by atoms with Crippen molar-refractivity contribution < 1.29 is 44.6 Å². The monoisotopic (exact) mass is 137 g/mol. The van der Waals surface area contributed by atoms with E-state index in [4.69, 9.17) is 20.3 Å². The molecule has 0 aromatic rings. The average Bonchev–Trinajstić information content (AvgIpc) is 1.65. The van der Waals surface area contributed by atoms with Crippen LogP contribution < -0.4 is 34.7 Å². The maximum atomic E-state index is 8.44. The van der Waals surface area contributed by atoms with E-state index in [1.807, 2.05) is 0 Å². The number of hydrogen-bond donors (Lipinski definition) is 1. The number of allylic oxidation sites excluding steroid dienone is 1. The molecular weight excluding hydrogens is 133 g/mol. The molecule has 0 aromatic heterocycles. The Hall–Kier alpha value is -0.500. The first kappa shape index (κ1) is 15.8. The molecular formula is C4H4NNaO3. The normalized spacial score (nSPS) is 4.33. The fourth-order valence-corrected chi connectivity index (χ4v) is 0. The zero-order valence-corrected chi connectivity index (χ0v) is 7.00. The molecule has 0 atom stereocenters. The summed E-state index contributed by atoms with van der Waals surface area (Å²) in [6.45, 7) is 3.12. The number of carbonyl (C=O) groups is 1. The van der Waals surface area contributed by atoms with Gasteiger partial charge >= 0.3 is 29.6 Å². The third kappa shape index (κ3) is 908. The van der Waals surface area contributed by atoms with Gasteiger partial charge in [0.05, 0.1) is 6.07 Å². The molecule has 0 aromatic carbocycles. The minimum absolute atomic E-state index is 0. The fraction of sp³-hybridized carbons (Fsp3) is 0. The zero-order chi connectivity index (χ0) is 6.99. The number of nitrogens with zero attached hydrogens (tertiary/aromatic N) is 1. The van der Waals surface area contributed by atoms with E-state index < -0.39 is 6.16 Å². The second-order valence-corrected chi connectivity index (χ2v) is 0.599. The minimum Gasteiger partial charge on any atom is -0.565 e. The standard InChI is InChI=1S/C3H3N.CH2O3.Na/c1-2-3-4;2-1(3)4;/h2H,1H2;(H2,2,3,4);/q;;+1/p-1. The van der Waals surface area contributed by atoms with E-state index in [2.05, 4.69) is 6.58 Å². The van der Waals surface area contributed by atoms with Crippen molar-refractivity contribution in [3.05, 3.63) is 12.7 Å². The Labute approximate surface area is 74.7 Å². The molecule has 0 aliphatic carbocycles. The van der Waals surface area contributed by atoms with Crippen LogP contribution in [0.5, 0.6) is 0 Å².